The highest BCUT2D eigenvalue weighted by Crippen LogP contribution is 2.32. The number of nitrogens with zero attached hydrogens (tertiary/aromatic N) is 1. The summed E-state index contributed by atoms with van der Waals surface area (Å²) in [6, 6.07) is 20.9. The molecule has 1 aliphatic rings. The second kappa shape index (κ2) is 10.2. The van der Waals surface area contributed by atoms with Gasteiger partial charge >= 0.3 is 6.03 Å². The van der Waals surface area contributed by atoms with Gasteiger partial charge in [-0.3, -0.25) is 4.79 Å². The first-order chi connectivity index (χ1) is 16.0. The zero-order chi connectivity index (χ0) is 23.2. The van der Waals surface area contributed by atoms with Crippen LogP contribution >= 0.6 is 0 Å². The number of carbonyl (C=O) groups is 2. The van der Waals surface area contributed by atoms with Crippen LogP contribution in [0.25, 0.3) is 0 Å². The lowest BCUT2D eigenvalue weighted by atomic mass is 10.1. The minimum atomic E-state index is -0.280. The fourth-order valence-electron chi connectivity index (χ4n) is 3.91. The number of anilines is 3. The van der Waals surface area contributed by atoms with Crippen LogP contribution in [-0.4, -0.2) is 25.0 Å². The quantitative estimate of drug-likeness (QED) is 0.473. The summed E-state index contributed by atoms with van der Waals surface area (Å²) >= 11 is 0. The molecule has 3 aromatic carbocycles. The molecule has 0 aromatic heterocycles. The third kappa shape index (κ3) is 5.92. The van der Waals surface area contributed by atoms with E-state index in [4.69, 9.17) is 0 Å². The maximum Gasteiger partial charge on any atom is 0.319 e. The SMILES string of the molecule is Cc1ccc(CNC(=O)Nc2cc(NC(=O)c3ccc(C)cc3)ccc2N2CCCC2)cc1. The van der Waals surface area contributed by atoms with Crippen molar-refractivity contribution in [3.8, 4) is 0 Å². The zero-order valence-electron chi connectivity index (χ0n) is 19.2. The molecular formula is C27H30N4O2. The summed E-state index contributed by atoms with van der Waals surface area (Å²) in [4.78, 5) is 27.6. The van der Waals surface area contributed by atoms with Crippen LogP contribution in [0, 0.1) is 13.8 Å². The van der Waals surface area contributed by atoms with Gasteiger partial charge in [0.05, 0.1) is 11.4 Å². The maximum atomic E-state index is 12.7. The van der Waals surface area contributed by atoms with Crippen molar-refractivity contribution in [2.24, 2.45) is 0 Å². The Kier molecular flexibility index (Phi) is 6.93. The molecule has 170 valence electrons. The molecule has 3 amide bonds. The number of hydrogen-bond donors (Lipinski definition) is 3. The standard InChI is InChI=1S/C27H30N4O2/c1-19-5-9-21(10-6-19)18-28-27(33)30-24-17-23(13-14-25(24)31-15-3-4-16-31)29-26(32)22-11-7-20(2)8-12-22/h5-14,17H,3-4,15-16,18H2,1-2H3,(H,29,32)(H2,28,30,33). The summed E-state index contributed by atoms with van der Waals surface area (Å²) in [5, 5.41) is 8.85. The molecule has 1 heterocycles. The molecular weight excluding hydrogens is 412 g/mol. The Labute approximate surface area is 195 Å². The molecule has 3 N–H and O–H groups in total. The van der Waals surface area contributed by atoms with E-state index in [9.17, 15) is 9.59 Å². The highest BCUT2D eigenvalue weighted by Gasteiger charge is 2.18. The molecule has 1 saturated heterocycles. The first-order valence-electron chi connectivity index (χ1n) is 11.4. The summed E-state index contributed by atoms with van der Waals surface area (Å²) in [5.74, 6) is -0.182. The Hall–Kier alpha value is -3.80. The minimum absolute atomic E-state index is 0.182. The minimum Gasteiger partial charge on any atom is -0.370 e. The normalized spacial score (nSPS) is 13.0. The van der Waals surface area contributed by atoms with Gasteiger partial charge in [0.15, 0.2) is 0 Å². The molecule has 6 nitrogen and oxygen atoms in total. The first-order valence-corrected chi connectivity index (χ1v) is 11.4. The van der Waals surface area contributed by atoms with Gasteiger partial charge in [0.1, 0.15) is 0 Å². The Bertz CT molecular complexity index is 1120. The van der Waals surface area contributed by atoms with Gasteiger partial charge in [0.2, 0.25) is 0 Å². The Morgan fingerprint density at radius 3 is 2.12 bits per heavy atom. The number of nitrogens with one attached hydrogen (secondary N) is 3. The Balaban J connectivity index is 1.48. The largest absolute Gasteiger partial charge is 0.370 e. The fourth-order valence-corrected chi connectivity index (χ4v) is 3.91. The zero-order valence-corrected chi connectivity index (χ0v) is 19.2. The highest BCUT2D eigenvalue weighted by atomic mass is 16.2. The van der Waals surface area contributed by atoms with Crippen molar-refractivity contribution in [1.29, 1.82) is 0 Å². The van der Waals surface area contributed by atoms with Crippen LogP contribution < -0.4 is 20.9 Å². The number of benzene rings is 3. The van der Waals surface area contributed by atoms with Gasteiger partial charge in [0, 0.05) is 30.9 Å². The van der Waals surface area contributed by atoms with E-state index in [0.29, 0.717) is 23.5 Å². The number of urea groups is 1. The van der Waals surface area contributed by atoms with E-state index in [0.717, 1.165) is 42.7 Å². The molecule has 0 bridgehead atoms. The lowest BCUT2D eigenvalue weighted by molar-refractivity contribution is 0.102. The predicted molar refractivity (Wildman–Crippen MR) is 134 cm³/mol. The van der Waals surface area contributed by atoms with E-state index in [2.05, 4.69) is 20.9 Å². The molecule has 0 aliphatic carbocycles. The van der Waals surface area contributed by atoms with Crippen LogP contribution in [0.2, 0.25) is 0 Å². The van der Waals surface area contributed by atoms with E-state index in [1.807, 2.05) is 68.4 Å². The van der Waals surface area contributed by atoms with E-state index in [1.54, 1.807) is 12.1 Å². The van der Waals surface area contributed by atoms with Crippen LogP contribution in [0.1, 0.15) is 39.9 Å². The van der Waals surface area contributed by atoms with Gasteiger partial charge in [-0.15, -0.1) is 0 Å². The van der Waals surface area contributed by atoms with E-state index >= 15 is 0 Å². The highest BCUT2D eigenvalue weighted by molar-refractivity contribution is 6.05. The number of carbonyl (C=O) groups excluding carboxylic acids is 2. The lowest BCUT2D eigenvalue weighted by Crippen LogP contribution is -2.29. The molecule has 33 heavy (non-hydrogen) atoms. The molecule has 6 heteroatoms. The molecule has 1 fully saturated rings. The van der Waals surface area contributed by atoms with Crippen molar-refractivity contribution in [3.63, 3.8) is 0 Å². The molecule has 1 aliphatic heterocycles. The number of aryl methyl sites for hydroxylation is 2. The molecule has 0 unspecified atom stereocenters. The van der Waals surface area contributed by atoms with Crippen molar-refractivity contribution in [2.45, 2.75) is 33.2 Å². The van der Waals surface area contributed by atoms with Crippen LogP contribution in [-0.2, 0) is 6.54 Å². The number of rotatable bonds is 6. The van der Waals surface area contributed by atoms with Gasteiger partial charge < -0.3 is 20.9 Å². The second-order valence-electron chi connectivity index (χ2n) is 8.54. The summed E-state index contributed by atoms with van der Waals surface area (Å²) in [5.41, 5.74) is 6.19. The topological polar surface area (TPSA) is 73.5 Å². The molecule has 4 rings (SSSR count). The lowest BCUT2D eigenvalue weighted by Gasteiger charge is -2.22. The van der Waals surface area contributed by atoms with Crippen LogP contribution in [0.4, 0.5) is 21.9 Å². The smallest absolute Gasteiger partial charge is 0.319 e. The summed E-state index contributed by atoms with van der Waals surface area (Å²) in [6.45, 7) is 6.37. The average Bonchev–Trinajstić information content (AvgIpc) is 3.34. The van der Waals surface area contributed by atoms with Crippen LogP contribution in [0.3, 0.4) is 0 Å². The number of hydrogen-bond acceptors (Lipinski definition) is 3. The first kappa shape index (κ1) is 22.4. The Morgan fingerprint density at radius 1 is 0.818 bits per heavy atom. The molecule has 0 spiro atoms. The van der Waals surface area contributed by atoms with E-state index in [-0.39, 0.29) is 11.9 Å². The van der Waals surface area contributed by atoms with Gasteiger partial charge in [0.25, 0.3) is 5.91 Å². The van der Waals surface area contributed by atoms with Crippen molar-refractivity contribution in [3.05, 3.63) is 89.0 Å². The van der Waals surface area contributed by atoms with Crippen molar-refractivity contribution in [2.75, 3.05) is 28.6 Å². The van der Waals surface area contributed by atoms with Crippen LogP contribution in [0.5, 0.6) is 0 Å². The fraction of sp³-hybridized carbons (Fsp3) is 0.259. The Morgan fingerprint density at radius 2 is 1.45 bits per heavy atom. The van der Waals surface area contributed by atoms with Crippen molar-refractivity contribution in [1.82, 2.24) is 5.32 Å². The van der Waals surface area contributed by atoms with Gasteiger partial charge in [-0.25, -0.2) is 4.79 Å². The third-order valence-corrected chi connectivity index (χ3v) is 5.84. The van der Waals surface area contributed by atoms with Gasteiger partial charge in [-0.05, 0) is 62.6 Å². The summed E-state index contributed by atoms with van der Waals surface area (Å²) in [7, 11) is 0. The van der Waals surface area contributed by atoms with Gasteiger partial charge in [-0.2, -0.15) is 0 Å². The third-order valence-electron chi connectivity index (χ3n) is 5.84. The second-order valence-corrected chi connectivity index (χ2v) is 8.54. The number of amides is 3. The van der Waals surface area contributed by atoms with E-state index < -0.39 is 0 Å². The van der Waals surface area contributed by atoms with Crippen molar-refractivity contribution < 1.29 is 9.59 Å². The summed E-state index contributed by atoms with van der Waals surface area (Å²) < 4.78 is 0. The van der Waals surface area contributed by atoms with Crippen molar-refractivity contribution >= 4 is 29.0 Å². The molecule has 0 saturated carbocycles. The molecule has 0 radical (unpaired) electrons. The average molecular weight is 443 g/mol. The van der Waals surface area contributed by atoms with Gasteiger partial charge in [-0.1, -0.05) is 47.5 Å². The maximum absolute atomic E-state index is 12.7. The molecule has 0 atom stereocenters. The summed E-state index contributed by atoms with van der Waals surface area (Å²) in [6.07, 6.45) is 2.26. The molecule has 3 aromatic rings. The monoisotopic (exact) mass is 442 g/mol. The predicted octanol–water partition coefficient (Wildman–Crippen LogP) is 5.48. The van der Waals surface area contributed by atoms with Crippen LogP contribution in [0.15, 0.2) is 66.7 Å². The van der Waals surface area contributed by atoms with E-state index in [1.165, 1.54) is 5.56 Å².